The van der Waals surface area contributed by atoms with E-state index in [1.807, 2.05) is 6.07 Å². The fraction of sp³-hybridized carbons (Fsp3) is 0.364. The summed E-state index contributed by atoms with van der Waals surface area (Å²) in [6.45, 7) is 5.84. The second kappa shape index (κ2) is 10.0. The molecule has 7 heteroatoms. The van der Waals surface area contributed by atoms with Gasteiger partial charge in [0.05, 0.1) is 17.6 Å². The minimum Gasteiger partial charge on any atom is -0.483 e. The van der Waals surface area contributed by atoms with E-state index >= 15 is 0 Å². The van der Waals surface area contributed by atoms with Gasteiger partial charge >= 0.3 is 0 Å². The zero-order chi connectivity index (χ0) is 20.6. The number of rotatable bonds is 5. The number of benzene rings is 2. The molecule has 7 nitrogen and oxygen atoms in total. The van der Waals surface area contributed by atoms with Crippen molar-refractivity contribution in [2.45, 2.75) is 0 Å². The predicted molar refractivity (Wildman–Crippen MR) is 115 cm³/mol. The molecule has 0 atom stereocenters. The Balaban J connectivity index is 0.000000755. The zero-order valence-electron chi connectivity index (χ0n) is 17.0. The second-order valence-corrected chi connectivity index (χ2v) is 6.96. The number of carbonyl (C=O) groups is 1. The van der Waals surface area contributed by atoms with Gasteiger partial charge in [-0.2, -0.15) is 0 Å². The summed E-state index contributed by atoms with van der Waals surface area (Å²) in [6.07, 6.45) is 0. The van der Waals surface area contributed by atoms with Crippen LogP contribution in [0.4, 0.5) is 5.69 Å². The lowest BCUT2D eigenvalue weighted by atomic mass is 10.1. The lowest BCUT2D eigenvalue weighted by molar-refractivity contribution is -0.122. The largest absolute Gasteiger partial charge is 0.483 e. The van der Waals surface area contributed by atoms with Crippen molar-refractivity contribution in [1.82, 2.24) is 14.5 Å². The Labute approximate surface area is 171 Å². The molecule has 0 amide bonds. The first kappa shape index (κ1) is 20.8. The first-order valence-corrected chi connectivity index (χ1v) is 9.74. The van der Waals surface area contributed by atoms with Crippen LogP contribution in [0.25, 0.3) is 22.4 Å². The van der Waals surface area contributed by atoms with Gasteiger partial charge in [-0.1, -0.05) is 24.3 Å². The Morgan fingerprint density at radius 3 is 2.52 bits per heavy atom. The summed E-state index contributed by atoms with van der Waals surface area (Å²) in [5, 5.41) is 6.89. The minimum absolute atomic E-state index is 0.250. The highest BCUT2D eigenvalue weighted by Gasteiger charge is 2.18. The first-order chi connectivity index (χ1) is 14.2. The third kappa shape index (κ3) is 4.93. The van der Waals surface area contributed by atoms with Gasteiger partial charge in [0.15, 0.2) is 0 Å². The topological polar surface area (TPSA) is 70.8 Å². The maximum atomic E-state index is 8.36. The van der Waals surface area contributed by atoms with Crippen molar-refractivity contribution in [2.75, 3.05) is 51.3 Å². The number of hydrogen-bond acceptors (Lipinski definition) is 5. The van der Waals surface area contributed by atoms with Crippen LogP contribution in [0.15, 0.2) is 48.5 Å². The summed E-state index contributed by atoms with van der Waals surface area (Å²) in [7, 11) is 3.86. The van der Waals surface area contributed by atoms with Gasteiger partial charge in [0, 0.05) is 58.1 Å². The van der Waals surface area contributed by atoms with E-state index in [-0.39, 0.29) is 6.47 Å². The molecule has 1 aliphatic rings. The number of aromatic nitrogens is 2. The highest BCUT2D eigenvalue weighted by molar-refractivity contribution is 5.81. The van der Waals surface area contributed by atoms with E-state index in [9.17, 15) is 0 Å². The molecule has 154 valence electrons. The number of piperazine rings is 1. The number of aryl methyl sites for hydroxylation is 1. The van der Waals surface area contributed by atoms with E-state index in [4.69, 9.17) is 19.6 Å². The molecule has 4 rings (SSSR count). The van der Waals surface area contributed by atoms with Crippen LogP contribution in [0.5, 0.6) is 0 Å². The number of fused-ring (bicyclic) bond motifs is 1. The molecule has 1 fully saturated rings. The van der Waals surface area contributed by atoms with E-state index in [2.05, 4.69) is 63.9 Å². The number of ether oxygens (including phenoxy) is 1. The second-order valence-electron chi connectivity index (χ2n) is 6.96. The first-order valence-electron chi connectivity index (χ1n) is 9.74. The monoisotopic (exact) mass is 396 g/mol. The Kier molecular flexibility index (Phi) is 7.21. The molecule has 1 saturated heterocycles. The lowest BCUT2D eigenvalue weighted by Gasteiger charge is -2.36. The van der Waals surface area contributed by atoms with Crippen molar-refractivity contribution in [2.24, 2.45) is 7.05 Å². The number of nitrogens with zero attached hydrogens (tertiary/aromatic N) is 4. The highest BCUT2D eigenvalue weighted by Crippen LogP contribution is 2.27. The molecule has 0 unspecified atom stereocenters. The molecule has 0 radical (unpaired) electrons. The molecular weight excluding hydrogens is 368 g/mol. The standard InChI is InChI=1S/C21H26N4O.CH2O2/c1-23-20-9-4-3-8-19(20)22-21(23)17-6-5-7-18(16-17)25-12-10-24(11-13-25)14-15-26-2;2-1-3/h3-9,16H,10-15H2,1-2H3;1H,(H,2,3). The summed E-state index contributed by atoms with van der Waals surface area (Å²) in [6, 6.07) is 17.1. The summed E-state index contributed by atoms with van der Waals surface area (Å²) in [5.74, 6) is 1.02. The number of anilines is 1. The molecule has 1 aromatic heterocycles. The van der Waals surface area contributed by atoms with Crippen molar-refractivity contribution in [1.29, 1.82) is 0 Å². The highest BCUT2D eigenvalue weighted by atomic mass is 16.5. The number of imidazole rings is 1. The molecule has 0 saturated carbocycles. The molecule has 3 aromatic rings. The van der Waals surface area contributed by atoms with Crippen LogP contribution >= 0.6 is 0 Å². The van der Waals surface area contributed by atoms with E-state index in [1.165, 1.54) is 16.8 Å². The molecule has 2 aromatic carbocycles. The van der Waals surface area contributed by atoms with Gasteiger partial charge < -0.3 is 19.3 Å². The van der Waals surface area contributed by atoms with Gasteiger partial charge in [-0.3, -0.25) is 9.69 Å². The Morgan fingerprint density at radius 2 is 1.83 bits per heavy atom. The van der Waals surface area contributed by atoms with Crippen molar-refractivity contribution in [3.05, 3.63) is 48.5 Å². The lowest BCUT2D eigenvalue weighted by Crippen LogP contribution is -2.47. The van der Waals surface area contributed by atoms with Gasteiger partial charge in [0.2, 0.25) is 0 Å². The molecular formula is C22H28N4O3. The maximum Gasteiger partial charge on any atom is 0.290 e. The van der Waals surface area contributed by atoms with Crippen molar-refractivity contribution < 1.29 is 14.6 Å². The van der Waals surface area contributed by atoms with E-state index in [1.54, 1.807) is 7.11 Å². The average Bonchev–Trinajstić information content (AvgIpc) is 3.10. The van der Waals surface area contributed by atoms with Crippen LogP contribution in [-0.2, 0) is 16.6 Å². The minimum atomic E-state index is -0.250. The third-order valence-corrected chi connectivity index (χ3v) is 5.24. The average molecular weight is 396 g/mol. The number of hydrogen-bond donors (Lipinski definition) is 1. The fourth-order valence-corrected chi connectivity index (χ4v) is 3.70. The van der Waals surface area contributed by atoms with Crippen molar-refractivity contribution in [3.8, 4) is 11.4 Å². The predicted octanol–water partition coefficient (Wildman–Crippen LogP) is 2.71. The molecule has 1 aliphatic heterocycles. The molecule has 0 aliphatic carbocycles. The Hall–Kier alpha value is -2.90. The van der Waals surface area contributed by atoms with E-state index in [0.29, 0.717) is 0 Å². The van der Waals surface area contributed by atoms with Crippen LogP contribution in [0.2, 0.25) is 0 Å². The van der Waals surface area contributed by atoms with E-state index in [0.717, 1.165) is 50.7 Å². The maximum absolute atomic E-state index is 8.36. The summed E-state index contributed by atoms with van der Waals surface area (Å²) in [5.41, 5.74) is 4.66. The number of carboxylic acid groups (broad SMARTS) is 1. The molecule has 1 N–H and O–H groups in total. The van der Waals surface area contributed by atoms with Crippen LogP contribution in [0.3, 0.4) is 0 Å². The third-order valence-electron chi connectivity index (χ3n) is 5.24. The number of methoxy groups -OCH3 is 1. The Bertz CT molecular complexity index is 933. The Morgan fingerprint density at radius 1 is 1.10 bits per heavy atom. The zero-order valence-corrected chi connectivity index (χ0v) is 17.0. The van der Waals surface area contributed by atoms with Crippen LogP contribution in [-0.4, -0.2) is 72.5 Å². The molecule has 0 spiro atoms. The summed E-state index contributed by atoms with van der Waals surface area (Å²) >= 11 is 0. The van der Waals surface area contributed by atoms with Gasteiger partial charge in [0.25, 0.3) is 6.47 Å². The van der Waals surface area contributed by atoms with Gasteiger partial charge in [-0.25, -0.2) is 4.98 Å². The fourth-order valence-electron chi connectivity index (χ4n) is 3.70. The molecule has 0 bridgehead atoms. The van der Waals surface area contributed by atoms with Crippen molar-refractivity contribution >= 4 is 23.2 Å². The molecule has 2 heterocycles. The van der Waals surface area contributed by atoms with Crippen LogP contribution in [0, 0.1) is 0 Å². The quantitative estimate of drug-likeness (QED) is 0.669. The van der Waals surface area contributed by atoms with Gasteiger partial charge in [-0.15, -0.1) is 0 Å². The van der Waals surface area contributed by atoms with E-state index < -0.39 is 0 Å². The van der Waals surface area contributed by atoms with Crippen LogP contribution in [0.1, 0.15) is 0 Å². The van der Waals surface area contributed by atoms with Gasteiger partial charge in [-0.05, 0) is 24.3 Å². The number of para-hydroxylation sites is 2. The summed E-state index contributed by atoms with van der Waals surface area (Å²) < 4.78 is 7.37. The van der Waals surface area contributed by atoms with Crippen LogP contribution < -0.4 is 4.90 Å². The summed E-state index contributed by atoms with van der Waals surface area (Å²) in [4.78, 5) is 18.1. The SMILES string of the molecule is COCCN1CCN(c2cccc(-c3nc4ccccc4n3C)c2)CC1.O=CO. The van der Waals surface area contributed by atoms with Gasteiger partial charge in [0.1, 0.15) is 5.82 Å². The van der Waals surface area contributed by atoms with Crippen molar-refractivity contribution in [3.63, 3.8) is 0 Å². The molecule has 29 heavy (non-hydrogen) atoms. The normalized spacial score (nSPS) is 14.5. The smallest absolute Gasteiger partial charge is 0.290 e.